The molecule has 0 saturated heterocycles. The van der Waals surface area contributed by atoms with Gasteiger partial charge in [-0.15, -0.1) is 0 Å². The number of anilines is 1. The van der Waals surface area contributed by atoms with Gasteiger partial charge in [-0.05, 0) is 12.1 Å². The molecule has 0 aliphatic rings. The molecule has 0 aliphatic carbocycles. The number of rotatable bonds is 1. The fraction of sp³-hybridized carbons (Fsp3) is 0. The van der Waals surface area contributed by atoms with E-state index in [4.69, 9.17) is 14.7 Å². The van der Waals surface area contributed by atoms with Gasteiger partial charge in [0.15, 0.2) is 11.3 Å². The summed E-state index contributed by atoms with van der Waals surface area (Å²) in [6.45, 7) is 0. The highest BCUT2D eigenvalue weighted by Gasteiger charge is 2.11. The number of oxazole rings is 1. The van der Waals surface area contributed by atoms with Crippen molar-refractivity contribution in [2.75, 3.05) is 5.73 Å². The van der Waals surface area contributed by atoms with Gasteiger partial charge in [0.05, 0.1) is 5.69 Å². The summed E-state index contributed by atoms with van der Waals surface area (Å²) in [6.07, 6.45) is 1.47. The van der Waals surface area contributed by atoms with Gasteiger partial charge in [-0.25, -0.2) is 4.98 Å². The molecule has 0 saturated carbocycles. The number of nitrogens with two attached hydrogens (primary N) is 1. The zero-order valence-corrected chi connectivity index (χ0v) is 7.68. The molecule has 2 N–H and O–H groups in total. The Hall–Kier alpha value is -2.30. The molecule has 0 spiro atoms. The third-order valence-corrected chi connectivity index (χ3v) is 2.11. The van der Waals surface area contributed by atoms with E-state index in [2.05, 4.69) is 10.1 Å². The number of para-hydroxylation sites is 1. The summed E-state index contributed by atoms with van der Waals surface area (Å²) in [6, 6.07) is 7.08. The first-order valence-electron chi connectivity index (χ1n) is 4.40. The third-order valence-electron chi connectivity index (χ3n) is 2.11. The van der Waals surface area contributed by atoms with Crippen LogP contribution in [0.2, 0.25) is 0 Å². The molecule has 2 aromatic heterocycles. The second-order valence-corrected chi connectivity index (χ2v) is 3.10. The van der Waals surface area contributed by atoms with Crippen LogP contribution in [0.25, 0.3) is 22.7 Å². The lowest BCUT2D eigenvalue weighted by Crippen LogP contribution is -1.85. The molecular formula is C10H7N3O2. The average molecular weight is 201 g/mol. The molecule has 0 atom stereocenters. The maximum Gasteiger partial charge on any atom is 0.249 e. The minimum Gasteiger partial charge on any atom is -0.435 e. The Morgan fingerprint density at radius 2 is 2.13 bits per heavy atom. The predicted octanol–water partition coefficient (Wildman–Crippen LogP) is 2.06. The number of hydrogen-bond donors (Lipinski definition) is 1. The van der Waals surface area contributed by atoms with Crippen molar-refractivity contribution in [1.29, 1.82) is 0 Å². The highest BCUT2D eigenvalue weighted by atomic mass is 16.5. The van der Waals surface area contributed by atoms with E-state index in [1.807, 2.05) is 12.1 Å². The molecule has 1 aromatic carbocycles. The van der Waals surface area contributed by atoms with E-state index >= 15 is 0 Å². The Morgan fingerprint density at radius 1 is 1.20 bits per heavy atom. The molecule has 0 unspecified atom stereocenters. The second kappa shape index (κ2) is 2.84. The van der Waals surface area contributed by atoms with Crippen LogP contribution < -0.4 is 5.73 Å². The number of benzene rings is 1. The monoisotopic (exact) mass is 201 g/mol. The van der Waals surface area contributed by atoms with Gasteiger partial charge in [0.2, 0.25) is 5.89 Å². The van der Waals surface area contributed by atoms with E-state index < -0.39 is 0 Å². The van der Waals surface area contributed by atoms with Crippen LogP contribution in [0.4, 0.5) is 5.69 Å². The first-order chi connectivity index (χ1) is 7.34. The number of nitrogen functional groups attached to an aromatic ring is 1. The minimum atomic E-state index is 0.414. The fourth-order valence-electron chi connectivity index (χ4n) is 1.40. The highest BCUT2D eigenvalue weighted by molar-refractivity contribution is 5.86. The molecule has 2 heterocycles. The van der Waals surface area contributed by atoms with Gasteiger partial charge in [-0.1, -0.05) is 11.2 Å². The molecule has 0 bridgehead atoms. The van der Waals surface area contributed by atoms with Crippen LogP contribution >= 0.6 is 0 Å². The largest absolute Gasteiger partial charge is 0.435 e. The third kappa shape index (κ3) is 1.17. The zero-order valence-electron chi connectivity index (χ0n) is 7.68. The molecular weight excluding hydrogens is 194 g/mol. The van der Waals surface area contributed by atoms with Crippen LogP contribution in [-0.4, -0.2) is 10.1 Å². The number of hydrogen-bond acceptors (Lipinski definition) is 5. The first kappa shape index (κ1) is 8.05. The Bertz CT molecular complexity index is 598. The van der Waals surface area contributed by atoms with E-state index in [0.29, 0.717) is 28.4 Å². The summed E-state index contributed by atoms with van der Waals surface area (Å²) in [4.78, 5) is 4.24. The molecule has 74 valence electrons. The topological polar surface area (TPSA) is 78.1 Å². The Balaban J connectivity index is 2.27. The van der Waals surface area contributed by atoms with Gasteiger partial charge in [0, 0.05) is 6.07 Å². The summed E-state index contributed by atoms with van der Waals surface area (Å²) in [5.74, 6) is 0.414. The molecule has 0 aliphatic heterocycles. The van der Waals surface area contributed by atoms with Crippen LogP contribution in [0.3, 0.4) is 0 Å². The van der Waals surface area contributed by atoms with E-state index in [9.17, 15) is 0 Å². The van der Waals surface area contributed by atoms with Gasteiger partial charge in [-0.2, -0.15) is 0 Å². The number of fused-ring (bicyclic) bond motifs is 1. The standard InChI is InChI=1S/C10H7N3O2/c11-6-2-1-3-8-9(6)12-10(15-8)7-4-5-14-13-7/h1-5H,11H2. The molecule has 0 fully saturated rings. The van der Waals surface area contributed by atoms with Crippen molar-refractivity contribution in [3.05, 3.63) is 30.5 Å². The smallest absolute Gasteiger partial charge is 0.249 e. The van der Waals surface area contributed by atoms with Crippen LogP contribution in [0, 0.1) is 0 Å². The molecule has 3 rings (SSSR count). The number of aromatic nitrogens is 2. The predicted molar refractivity (Wildman–Crippen MR) is 53.9 cm³/mol. The maximum absolute atomic E-state index is 5.76. The zero-order chi connectivity index (χ0) is 10.3. The summed E-state index contributed by atoms with van der Waals surface area (Å²) in [5, 5.41) is 3.74. The molecule has 0 radical (unpaired) electrons. The summed E-state index contributed by atoms with van der Waals surface area (Å²) in [7, 11) is 0. The summed E-state index contributed by atoms with van der Waals surface area (Å²) in [5.41, 5.74) is 8.20. The first-order valence-corrected chi connectivity index (χ1v) is 4.40. The van der Waals surface area contributed by atoms with Crippen molar-refractivity contribution in [3.8, 4) is 11.6 Å². The van der Waals surface area contributed by atoms with Crippen molar-refractivity contribution in [1.82, 2.24) is 10.1 Å². The normalized spacial score (nSPS) is 10.9. The van der Waals surface area contributed by atoms with Crippen LogP contribution in [0.15, 0.2) is 39.5 Å². The number of nitrogens with zero attached hydrogens (tertiary/aromatic N) is 2. The Labute approximate surface area is 84.5 Å². The lowest BCUT2D eigenvalue weighted by molar-refractivity contribution is 0.419. The Morgan fingerprint density at radius 3 is 2.87 bits per heavy atom. The molecule has 5 heteroatoms. The Kier molecular flexibility index (Phi) is 1.53. The van der Waals surface area contributed by atoms with Gasteiger partial charge in [-0.3, -0.25) is 0 Å². The van der Waals surface area contributed by atoms with E-state index in [1.54, 1.807) is 12.1 Å². The van der Waals surface area contributed by atoms with Crippen molar-refractivity contribution in [2.24, 2.45) is 0 Å². The van der Waals surface area contributed by atoms with Crippen molar-refractivity contribution >= 4 is 16.8 Å². The van der Waals surface area contributed by atoms with E-state index in [1.165, 1.54) is 6.26 Å². The molecule has 3 aromatic rings. The summed E-state index contributed by atoms with van der Waals surface area (Å²) >= 11 is 0. The highest BCUT2D eigenvalue weighted by Crippen LogP contribution is 2.26. The SMILES string of the molecule is Nc1cccc2oc(-c3ccon3)nc12. The van der Waals surface area contributed by atoms with Gasteiger partial charge < -0.3 is 14.7 Å². The lowest BCUT2D eigenvalue weighted by Gasteiger charge is -1.89. The minimum absolute atomic E-state index is 0.414. The van der Waals surface area contributed by atoms with Gasteiger partial charge in [0.25, 0.3) is 0 Å². The molecule has 0 amide bonds. The van der Waals surface area contributed by atoms with Crippen molar-refractivity contribution < 1.29 is 8.94 Å². The van der Waals surface area contributed by atoms with E-state index in [0.717, 1.165) is 0 Å². The second-order valence-electron chi connectivity index (χ2n) is 3.10. The van der Waals surface area contributed by atoms with Crippen molar-refractivity contribution in [3.63, 3.8) is 0 Å². The maximum atomic E-state index is 5.76. The summed E-state index contributed by atoms with van der Waals surface area (Å²) < 4.78 is 10.2. The van der Waals surface area contributed by atoms with Gasteiger partial charge in [0.1, 0.15) is 11.8 Å². The quantitative estimate of drug-likeness (QED) is 0.609. The van der Waals surface area contributed by atoms with Crippen LogP contribution in [0.1, 0.15) is 0 Å². The van der Waals surface area contributed by atoms with Crippen LogP contribution in [0.5, 0.6) is 0 Å². The molecule has 5 nitrogen and oxygen atoms in total. The average Bonchev–Trinajstić information content (AvgIpc) is 2.86. The van der Waals surface area contributed by atoms with Crippen molar-refractivity contribution in [2.45, 2.75) is 0 Å². The molecule has 15 heavy (non-hydrogen) atoms. The fourth-order valence-corrected chi connectivity index (χ4v) is 1.40. The van der Waals surface area contributed by atoms with E-state index in [-0.39, 0.29) is 0 Å². The van der Waals surface area contributed by atoms with Crippen LogP contribution in [-0.2, 0) is 0 Å². The van der Waals surface area contributed by atoms with Gasteiger partial charge >= 0.3 is 0 Å². The lowest BCUT2D eigenvalue weighted by atomic mass is 10.3.